The zero-order valence-corrected chi connectivity index (χ0v) is 14.0. The molecule has 2 atom stereocenters. The van der Waals surface area contributed by atoms with E-state index in [1.54, 1.807) is 19.1 Å². The summed E-state index contributed by atoms with van der Waals surface area (Å²) in [7, 11) is 3.24. The van der Waals surface area contributed by atoms with Crippen molar-refractivity contribution in [1.82, 2.24) is 15.1 Å². The molecule has 132 valence electrons. The lowest BCUT2D eigenvalue weighted by atomic mass is 9.85. The number of urea groups is 1. The van der Waals surface area contributed by atoms with Crippen LogP contribution in [0.25, 0.3) is 0 Å². The molecule has 0 aromatic heterocycles. The third-order valence-corrected chi connectivity index (χ3v) is 4.81. The van der Waals surface area contributed by atoms with Gasteiger partial charge in [-0.1, -0.05) is 6.92 Å². The summed E-state index contributed by atoms with van der Waals surface area (Å²) in [5.41, 5.74) is 0. The number of nitrogens with one attached hydrogen (secondary N) is 1. The van der Waals surface area contributed by atoms with Crippen molar-refractivity contribution in [3.8, 4) is 0 Å². The van der Waals surface area contributed by atoms with Gasteiger partial charge in [0.15, 0.2) is 0 Å². The number of carbonyl (C=O) groups is 2. The fourth-order valence-corrected chi connectivity index (χ4v) is 3.31. The number of rotatable bonds is 7. The summed E-state index contributed by atoms with van der Waals surface area (Å²) >= 11 is 0. The van der Waals surface area contributed by atoms with Gasteiger partial charge < -0.3 is 24.8 Å². The number of amides is 2. The van der Waals surface area contributed by atoms with E-state index in [1.807, 2.05) is 11.8 Å². The molecule has 2 fully saturated rings. The zero-order chi connectivity index (χ0) is 17.0. The van der Waals surface area contributed by atoms with Crippen LogP contribution < -0.4 is 5.32 Å². The Labute approximate surface area is 136 Å². The third-order valence-electron chi connectivity index (χ3n) is 4.81. The molecule has 0 aromatic carbocycles. The van der Waals surface area contributed by atoms with Gasteiger partial charge in [-0.3, -0.25) is 9.69 Å². The molecule has 23 heavy (non-hydrogen) atoms. The Kier molecular flexibility index (Phi) is 6.20. The molecule has 8 nitrogen and oxygen atoms in total. The van der Waals surface area contributed by atoms with E-state index in [0.717, 1.165) is 12.8 Å². The van der Waals surface area contributed by atoms with Gasteiger partial charge in [0.25, 0.3) is 0 Å². The molecule has 0 bridgehead atoms. The van der Waals surface area contributed by atoms with Crippen LogP contribution in [0.1, 0.15) is 19.8 Å². The van der Waals surface area contributed by atoms with E-state index in [0.29, 0.717) is 19.6 Å². The van der Waals surface area contributed by atoms with Crippen LogP contribution >= 0.6 is 0 Å². The predicted octanol–water partition coefficient (Wildman–Crippen LogP) is -0.0209. The summed E-state index contributed by atoms with van der Waals surface area (Å²) < 4.78 is 10.7. The van der Waals surface area contributed by atoms with E-state index in [2.05, 4.69) is 5.32 Å². The van der Waals surface area contributed by atoms with Gasteiger partial charge in [-0.05, 0) is 19.4 Å². The average molecular weight is 329 g/mol. The standard InChI is InChI=1S/C15H27N3O5/c1-4-17(9-14(19)20)11-5-10(6-11)16-15(21)18-7-12(22-2)13(8-18)23-3/h10-13H,4-9H2,1-3H3,(H,16,21)(H,19,20)/t10?,11?,12-,13+. The first-order valence-electron chi connectivity index (χ1n) is 8.05. The number of aliphatic carboxylic acids is 1. The minimum atomic E-state index is -0.812. The fourth-order valence-electron chi connectivity index (χ4n) is 3.31. The van der Waals surface area contributed by atoms with E-state index in [4.69, 9.17) is 14.6 Å². The van der Waals surface area contributed by atoms with Crippen molar-refractivity contribution in [3.05, 3.63) is 0 Å². The van der Waals surface area contributed by atoms with Gasteiger partial charge in [0, 0.05) is 26.3 Å². The SMILES string of the molecule is CCN(CC(=O)O)C1CC(NC(=O)N2C[C@H](OC)[C@H](OC)C2)C1. The van der Waals surface area contributed by atoms with Crippen LogP contribution in [0.15, 0.2) is 0 Å². The van der Waals surface area contributed by atoms with Gasteiger partial charge in [0.05, 0.1) is 19.6 Å². The number of likely N-dealkylation sites (N-methyl/N-ethyl adjacent to an activating group) is 1. The largest absolute Gasteiger partial charge is 0.480 e. The molecular weight excluding hydrogens is 302 g/mol. The Balaban J connectivity index is 1.75. The molecule has 1 saturated carbocycles. The molecule has 1 saturated heterocycles. The third kappa shape index (κ3) is 4.33. The predicted molar refractivity (Wildman–Crippen MR) is 83.4 cm³/mol. The number of methoxy groups -OCH3 is 2. The molecule has 8 heteroatoms. The quantitative estimate of drug-likeness (QED) is 0.682. The number of hydrogen-bond donors (Lipinski definition) is 2. The summed E-state index contributed by atoms with van der Waals surface area (Å²) in [5, 5.41) is 11.9. The van der Waals surface area contributed by atoms with E-state index in [1.165, 1.54) is 0 Å². The lowest BCUT2D eigenvalue weighted by molar-refractivity contribution is -0.139. The Morgan fingerprint density at radius 3 is 2.22 bits per heavy atom. The number of carboxylic acids is 1. The van der Waals surface area contributed by atoms with Crippen LogP contribution in [0.4, 0.5) is 4.79 Å². The number of carboxylic acid groups (broad SMARTS) is 1. The normalized spacial score (nSPS) is 30.3. The maximum Gasteiger partial charge on any atom is 0.317 e. The molecule has 2 amide bonds. The summed E-state index contributed by atoms with van der Waals surface area (Å²) in [4.78, 5) is 26.8. The van der Waals surface area contributed by atoms with E-state index in [-0.39, 0.29) is 36.9 Å². The topological polar surface area (TPSA) is 91.3 Å². The molecule has 1 aliphatic carbocycles. The smallest absolute Gasteiger partial charge is 0.317 e. The van der Waals surface area contributed by atoms with E-state index >= 15 is 0 Å². The molecule has 0 aromatic rings. The average Bonchev–Trinajstić information content (AvgIpc) is 2.91. The first-order chi connectivity index (χ1) is 11.0. The first kappa shape index (κ1) is 18.0. The molecule has 2 rings (SSSR count). The summed E-state index contributed by atoms with van der Waals surface area (Å²) in [6.07, 6.45) is 1.40. The highest BCUT2D eigenvalue weighted by atomic mass is 16.5. The van der Waals surface area contributed by atoms with Crippen molar-refractivity contribution in [3.63, 3.8) is 0 Å². The molecule has 2 aliphatic rings. The molecule has 1 aliphatic heterocycles. The Bertz CT molecular complexity index is 415. The summed E-state index contributed by atoms with van der Waals surface area (Å²) in [6, 6.07) is 0.243. The second-order valence-corrected chi connectivity index (χ2v) is 6.18. The summed E-state index contributed by atoms with van der Waals surface area (Å²) in [6.45, 7) is 3.76. The van der Waals surface area contributed by atoms with Crippen molar-refractivity contribution >= 4 is 12.0 Å². The van der Waals surface area contributed by atoms with Gasteiger partial charge >= 0.3 is 12.0 Å². The molecule has 2 N–H and O–H groups in total. The number of nitrogens with zero attached hydrogens (tertiary/aromatic N) is 2. The van der Waals surface area contributed by atoms with Crippen molar-refractivity contribution in [1.29, 1.82) is 0 Å². The minimum absolute atomic E-state index is 0.0546. The van der Waals surface area contributed by atoms with E-state index < -0.39 is 5.97 Å². The molecular formula is C15H27N3O5. The molecule has 1 heterocycles. The Morgan fingerprint density at radius 1 is 1.22 bits per heavy atom. The number of hydrogen-bond acceptors (Lipinski definition) is 5. The van der Waals surface area contributed by atoms with Crippen LogP contribution in [0.5, 0.6) is 0 Å². The van der Waals surface area contributed by atoms with Crippen LogP contribution in [0, 0.1) is 0 Å². The lowest BCUT2D eigenvalue weighted by Crippen LogP contribution is -2.56. The number of ether oxygens (including phenoxy) is 2. The number of likely N-dealkylation sites (tertiary alicyclic amines) is 1. The van der Waals surface area contributed by atoms with Gasteiger partial charge in [0.1, 0.15) is 12.2 Å². The first-order valence-corrected chi connectivity index (χ1v) is 8.05. The Hall–Kier alpha value is -1.38. The van der Waals surface area contributed by atoms with Crippen molar-refractivity contribution in [2.75, 3.05) is 40.4 Å². The molecule has 0 unspecified atom stereocenters. The van der Waals surface area contributed by atoms with E-state index in [9.17, 15) is 9.59 Å². The fraction of sp³-hybridized carbons (Fsp3) is 0.867. The molecule has 0 radical (unpaired) electrons. The van der Waals surface area contributed by atoms with Crippen molar-refractivity contribution in [2.45, 2.75) is 44.1 Å². The highest BCUT2D eigenvalue weighted by molar-refractivity contribution is 5.75. The van der Waals surface area contributed by atoms with Crippen molar-refractivity contribution in [2.24, 2.45) is 0 Å². The second kappa shape index (κ2) is 7.94. The van der Waals surface area contributed by atoms with Crippen LogP contribution in [-0.2, 0) is 14.3 Å². The maximum absolute atomic E-state index is 12.3. The van der Waals surface area contributed by atoms with Gasteiger partial charge in [-0.2, -0.15) is 0 Å². The van der Waals surface area contributed by atoms with Gasteiger partial charge in [0.2, 0.25) is 0 Å². The maximum atomic E-state index is 12.3. The van der Waals surface area contributed by atoms with Gasteiger partial charge in [-0.15, -0.1) is 0 Å². The highest BCUT2D eigenvalue weighted by Crippen LogP contribution is 2.26. The highest BCUT2D eigenvalue weighted by Gasteiger charge is 2.39. The van der Waals surface area contributed by atoms with Gasteiger partial charge in [-0.25, -0.2) is 4.79 Å². The van der Waals surface area contributed by atoms with Crippen molar-refractivity contribution < 1.29 is 24.2 Å². The minimum Gasteiger partial charge on any atom is -0.480 e. The monoisotopic (exact) mass is 329 g/mol. The Morgan fingerprint density at radius 2 is 1.78 bits per heavy atom. The lowest BCUT2D eigenvalue weighted by Gasteiger charge is -2.42. The van der Waals surface area contributed by atoms with Crippen LogP contribution in [-0.4, -0.2) is 91.6 Å². The molecule has 0 spiro atoms. The zero-order valence-electron chi connectivity index (χ0n) is 14.0. The van der Waals surface area contributed by atoms with Crippen LogP contribution in [0.3, 0.4) is 0 Å². The number of carbonyl (C=O) groups excluding carboxylic acids is 1. The summed E-state index contributed by atoms with van der Waals surface area (Å²) in [5.74, 6) is -0.812. The second-order valence-electron chi connectivity index (χ2n) is 6.18. The van der Waals surface area contributed by atoms with Crippen LogP contribution in [0.2, 0.25) is 0 Å².